The normalized spacial score (nSPS) is 11.2. The third-order valence-electron chi connectivity index (χ3n) is 3.77. The van der Waals surface area contributed by atoms with E-state index in [0.717, 1.165) is 6.42 Å². The van der Waals surface area contributed by atoms with Gasteiger partial charge in [0.15, 0.2) is 0 Å². The molecule has 0 bridgehead atoms. The summed E-state index contributed by atoms with van der Waals surface area (Å²) in [7, 11) is 0. The summed E-state index contributed by atoms with van der Waals surface area (Å²) in [4.78, 5) is 28.6. The summed E-state index contributed by atoms with van der Waals surface area (Å²) in [5.74, 6) is -0.599. The fourth-order valence-corrected chi connectivity index (χ4v) is 2.87. The first-order valence-electron chi connectivity index (χ1n) is 7.83. The van der Waals surface area contributed by atoms with Gasteiger partial charge in [-0.1, -0.05) is 18.5 Å². The smallest absolute Gasteiger partial charge is 0.275 e. The summed E-state index contributed by atoms with van der Waals surface area (Å²) < 4.78 is 0. The predicted octanol–water partition coefficient (Wildman–Crippen LogP) is 3.43. The SMILES string of the molecule is CCC(C)(C)NC(=O)c1ccc(NC(=O)c2csc(CN)n2)cc1Cl. The zero-order chi connectivity index (χ0) is 18.6. The van der Waals surface area contributed by atoms with Crippen LogP contribution in [0, 0.1) is 0 Å². The Morgan fingerprint density at radius 2 is 2.04 bits per heavy atom. The Balaban J connectivity index is 2.11. The molecule has 8 heteroatoms. The number of rotatable bonds is 6. The summed E-state index contributed by atoms with van der Waals surface area (Å²) in [6.07, 6.45) is 0.795. The summed E-state index contributed by atoms with van der Waals surface area (Å²) in [6, 6.07) is 4.77. The van der Waals surface area contributed by atoms with Crippen LogP contribution in [0.5, 0.6) is 0 Å². The predicted molar refractivity (Wildman–Crippen MR) is 101 cm³/mol. The second kappa shape index (κ2) is 7.95. The molecule has 0 unspecified atom stereocenters. The molecule has 2 aromatic rings. The average Bonchev–Trinajstić information content (AvgIpc) is 3.03. The number of hydrogen-bond donors (Lipinski definition) is 3. The Morgan fingerprint density at radius 3 is 2.60 bits per heavy atom. The van der Waals surface area contributed by atoms with Crippen LogP contribution in [0.25, 0.3) is 0 Å². The van der Waals surface area contributed by atoms with Gasteiger partial charge >= 0.3 is 0 Å². The van der Waals surface area contributed by atoms with Gasteiger partial charge in [-0.15, -0.1) is 11.3 Å². The van der Waals surface area contributed by atoms with Gasteiger partial charge in [-0.3, -0.25) is 9.59 Å². The van der Waals surface area contributed by atoms with Crippen molar-refractivity contribution in [1.29, 1.82) is 0 Å². The largest absolute Gasteiger partial charge is 0.347 e. The Morgan fingerprint density at radius 1 is 1.32 bits per heavy atom. The van der Waals surface area contributed by atoms with Gasteiger partial charge in [-0.05, 0) is 38.5 Å². The van der Waals surface area contributed by atoms with E-state index in [4.69, 9.17) is 17.3 Å². The Hall–Kier alpha value is -1.96. The lowest BCUT2D eigenvalue weighted by molar-refractivity contribution is 0.0911. The molecule has 0 fully saturated rings. The number of nitrogens with one attached hydrogen (secondary N) is 2. The number of nitrogens with two attached hydrogens (primary N) is 1. The molecule has 0 aliphatic rings. The molecule has 0 radical (unpaired) electrons. The van der Waals surface area contributed by atoms with Crippen LogP contribution in [0.4, 0.5) is 5.69 Å². The van der Waals surface area contributed by atoms with E-state index >= 15 is 0 Å². The summed E-state index contributed by atoms with van der Waals surface area (Å²) in [5.41, 5.74) is 6.32. The fraction of sp³-hybridized carbons (Fsp3) is 0.353. The quantitative estimate of drug-likeness (QED) is 0.715. The van der Waals surface area contributed by atoms with Gasteiger partial charge in [0.1, 0.15) is 10.7 Å². The topological polar surface area (TPSA) is 97.1 Å². The molecule has 1 aromatic carbocycles. The first-order chi connectivity index (χ1) is 11.8. The second-order valence-corrected chi connectivity index (χ2v) is 7.52. The standard InChI is InChI=1S/C17H21ClN4O2S/c1-4-17(2,3)22-15(23)11-6-5-10(7-12(11)18)20-16(24)13-9-25-14(8-19)21-13/h5-7,9H,4,8,19H2,1-3H3,(H,20,24)(H,22,23). The molecule has 0 aliphatic carbocycles. The van der Waals surface area contributed by atoms with Crippen LogP contribution >= 0.6 is 22.9 Å². The Labute approximate surface area is 155 Å². The molecule has 2 amide bonds. The monoisotopic (exact) mass is 380 g/mol. The second-order valence-electron chi connectivity index (χ2n) is 6.17. The molecule has 0 atom stereocenters. The third-order valence-corrected chi connectivity index (χ3v) is 4.95. The maximum Gasteiger partial charge on any atom is 0.275 e. The molecule has 1 aromatic heterocycles. The lowest BCUT2D eigenvalue weighted by Gasteiger charge is -2.24. The van der Waals surface area contributed by atoms with E-state index in [2.05, 4.69) is 15.6 Å². The van der Waals surface area contributed by atoms with E-state index in [-0.39, 0.29) is 22.4 Å². The molecule has 6 nitrogen and oxygen atoms in total. The minimum Gasteiger partial charge on any atom is -0.347 e. The van der Waals surface area contributed by atoms with Crippen LogP contribution in [-0.2, 0) is 6.54 Å². The molecular formula is C17H21ClN4O2S. The summed E-state index contributed by atoms with van der Waals surface area (Å²) >= 11 is 7.54. The van der Waals surface area contributed by atoms with Crippen molar-refractivity contribution in [2.24, 2.45) is 5.73 Å². The van der Waals surface area contributed by atoms with Gasteiger partial charge in [0, 0.05) is 23.2 Å². The summed E-state index contributed by atoms with van der Waals surface area (Å²) in [5, 5.41) is 8.24. The van der Waals surface area contributed by atoms with Crippen molar-refractivity contribution in [2.45, 2.75) is 39.3 Å². The van der Waals surface area contributed by atoms with Crippen LogP contribution in [0.3, 0.4) is 0 Å². The van der Waals surface area contributed by atoms with Crippen LogP contribution in [0.15, 0.2) is 23.6 Å². The number of anilines is 1. The van der Waals surface area contributed by atoms with Crippen LogP contribution in [-0.4, -0.2) is 22.3 Å². The number of carbonyl (C=O) groups is 2. The first-order valence-corrected chi connectivity index (χ1v) is 9.09. The Kier molecular flexibility index (Phi) is 6.16. The van der Waals surface area contributed by atoms with Gasteiger partial charge in [0.05, 0.1) is 10.6 Å². The van der Waals surface area contributed by atoms with E-state index in [0.29, 0.717) is 28.5 Å². The van der Waals surface area contributed by atoms with Gasteiger partial charge in [-0.25, -0.2) is 4.98 Å². The molecule has 134 valence electrons. The van der Waals surface area contributed by atoms with Crippen molar-refractivity contribution in [3.05, 3.63) is 44.9 Å². The molecule has 0 aliphatic heterocycles. The van der Waals surface area contributed by atoms with Crippen LogP contribution in [0.2, 0.25) is 5.02 Å². The number of amides is 2. The summed E-state index contributed by atoms with van der Waals surface area (Å²) in [6.45, 7) is 6.17. The molecule has 0 saturated heterocycles. The lowest BCUT2D eigenvalue weighted by atomic mass is 10.0. The Bertz CT molecular complexity index is 789. The highest BCUT2D eigenvalue weighted by atomic mass is 35.5. The number of aromatic nitrogens is 1. The van der Waals surface area contributed by atoms with E-state index in [1.807, 2.05) is 20.8 Å². The van der Waals surface area contributed by atoms with Crippen molar-refractivity contribution in [3.8, 4) is 0 Å². The molecule has 2 rings (SSSR count). The average molecular weight is 381 g/mol. The van der Waals surface area contributed by atoms with Gasteiger partial charge in [-0.2, -0.15) is 0 Å². The maximum absolute atomic E-state index is 12.3. The van der Waals surface area contributed by atoms with E-state index < -0.39 is 0 Å². The molecule has 0 spiro atoms. The number of carbonyl (C=O) groups excluding carboxylic acids is 2. The lowest BCUT2D eigenvalue weighted by Crippen LogP contribution is -2.42. The molecular weight excluding hydrogens is 360 g/mol. The van der Waals surface area contributed by atoms with E-state index in [1.54, 1.807) is 23.6 Å². The van der Waals surface area contributed by atoms with E-state index in [1.165, 1.54) is 11.3 Å². The van der Waals surface area contributed by atoms with Gasteiger partial charge < -0.3 is 16.4 Å². The number of thiazole rings is 1. The fourth-order valence-electron chi connectivity index (χ4n) is 1.94. The third kappa shape index (κ3) is 5.01. The van der Waals surface area contributed by atoms with Crippen molar-refractivity contribution < 1.29 is 9.59 Å². The van der Waals surface area contributed by atoms with Crippen molar-refractivity contribution in [1.82, 2.24) is 10.3 Å². The minimum absolute atomic E-state index is 0.248. The van der Waals surface area contributed by atoms with Gasteiger partial charge in [0.25, 0.3) is 11.8 Å². The number of benzene rings is 1. The van der Waals surface area contributed by atoms with Crippen LogP contribution in [0.1, 0.15) is 53.0 Å². The molecule has 4 N–H and O–H groups in total. The van der Waals surface area contributed by atoms with Crippen molar-refractivity contribution in [3.63, 3.8) is 0 Å². The zero-order valence-electron chi connectivity index (χ0n) is 14.4. The van der Waals surface area contributed by atoms with Crippen LogP contribution < -0.4 is 16.4 Å². The van der Waals surface area contributed by atoms with E-state index in [9.17, 15) is 9.59 Å². The number of nitrogens with zero attached hydrogens (tertiary/aromatic N) is 1. The molecule has 25 heavy (non-hydrogen) atoms. The van der Waals surface area contributed by atoms with Crippen molar-refractivity contribution >= 4 is 40.4 Å². The maximum atomic E-state index is 12.3. The first kappa shape index (κ1) is 19.4. The highest BCUT2D eigenvalue weighted by Crippen LogP contribution is 2.23. The number of halogens is 1. The minimum atomic E-state index is -0.351. The highest BCUT2D eigenvalue weighted by Gasteiger charge is 2.21. The molecule has 1 heterocycles. The highest BCUT2D eigenvalue weighted by molar-refractivity contribution is 7.09. The number of hydrogen-bond acceptors (Lipinski definition) is 5. The van der Waals surface area contributed by atoms with Crippen molar-refractivity contribution in [2.75, 3.05) is 5.32 Å². The zero-order valence-corrected chi connectivity index (χ0v) is 15.9. The van der Waals surface area contributed by atoms with Gasteiger partial charge in [0.2, 0.25) is 0 Å². The molecule has 0 saturated carbocycles.